The Morgan fingerprint density at radius 3 is 2.69 bits per heavy atom. The molecule has 1 aliphatic carbocycles. The van der Waals surface area contributed by atoms with Crippen LogP contribution in [0.4, 0.5) is 5.69 Å². The molecule has 1 saturated carbocycles. The largest absolute Gasteiger partial charge is 0.325 e. The summed E-state index contributed by atoms with van der Waals surface area (Å²) in [5.74, 6) is 0.167. The number of carbonyl (C=O) groups is 1. The van der Waals surface area contributed by atoms with Crippen molar-refractivity contribution in [2.45, 2.75) is 73.7 Å². The standard InChI is InChI=1S/C22H27N3O2S2/c1-14-8-10-16(11-9-14)23-19(26)13-28-22-24-18-12-15(2)29-20(18)21(27)25(22)17-6-4-3-5-7-17/h8-11,15,17H,3-7,12-13H2,1-2H3,(H,23,26). The second kappa shape index (κ2) is 8.96. The molecular weight excluding hydrogens is 402 g/mol. The molecule has 2 aliphatic rings. The number of aryl methyl sites for hydroxylation is 1. The quantitative estimate of drug-likeness (QED) is 0.545. The Labute approximate surface area is 180 Å². The lowest BCUT2D eigenvalue weighted by Crippen LogP contribution is -2.30. The van der Waals surface area contributed by atoms with Crippen molar-refractivity contribution in [3.05, 3.63) is 45.9 Å². The number of hydrogen-bond donors (Lipinski definition) is 1. The molecule has 1 amide bonds. The molecule has 1 atom stereocenters. The predicted octanol–water partition coefficient (Wildman–Crippen LogP) is 4.82. The van der Waals surface area contributed by atoms with Crippen LogP contribution in [-0.4, -0.2) is 26.5 Å². The van der Waals surface area contributed by atoms with Crippen molar-refractivity contribution in [3.63, 3.8) is 0 Å². The summed E-state index contributed by atoms with van der Waals surface area (Å²) in [6.07, 6.45) is 6.39. The van der Waals surface area contributed by atoms with Gasteiger partial charge in [-0.1, -0.05) is 55.6 Å². The third-order valence-corrected chi connectivity index (χ3v) is 7.69. The van der Waals surface area contributed by atoms with Crippen molar-refractivity contribution in [1.29, 1.82) is 0 Å². The topological polar surface area (TPSA) is 64.0 Å². The van der Waals surface area contributed by atoms with Gasteiger partial charge < -0.3 is 5.32 Å². The number of aromatic nitrogens is 2. The first kappa shape index (κ1) is 20.5. The van der Waals surface area contributed by atoms with Gasteiger partial charge >= 0.3 is 0 Å². The van der Waals surface area contributed by atoms with Gasteiger partial charge in [0.05, 0.1) is 16.3 Å². The number of amides is 1. The van der Waals surface area contributed by atoms with E-state index in [1.165, 1.54) is 18.2 Å². The minimum atomic E-state index is -0.0773. The lowest BCUT2D eigenvalue weighted by molar-refractivity contribution is -0.113. The Balaban J connectivity index is 1.54. The van der Waals surface area contributed by atoms with E-state index in [9.17, 15) is 9.59 Å². The van der Waals surface area contributed by atoms with Gasteiger partial charge in [0.1, 0.15) is 0 Å². The molecule has 1 unspecified atom stereocenters. The molecule has 1 aromatic heterocycles. The number of anilines is 1. The van der Waals surface area contributed by atoms with E-state index in [2.05, 4.69) is 12.2 Å². The van der Waals surface area contributed by atoms with Crippen molar-refractivity contribution in [2.75, 3.05) is 11.1 Å². The van der Waals surface area contributed by atoms with Gasteiger partial charge in [-0.3, -0.25) is 14.2 Å². The first-order valence-corrected chi connectivity index (χ1v) is 12.2. The lowest BCUT2D eigenvalue weighted by atomic mass is 9.95. The fraction of sp³-hybridized carbons (Fsp3) is 0.500. The maximum atomic E-state index is 13.3. The fourth-order valence-electron chi connectivity index (χ4n) is 4.04. The Bertz CT molecular complexity index is 950. The van der Waals surface area contributed by atoms with Crippen LogP contribution < -0.4 is 10.9 Å². The maximum Gasteiger partial charge on any atom is 0.268 e. The number of nitrogens with one attached hydrogen (secondary N) is 1. The van der Waals surface area contributed by atoms with Crippen molar-refractivity contribution >= 4 is 35.1 Å². The third-order valence-electron chi connectivity index (χ3n) is 5.52. The minimum Gasteiger partial charge on any atom is -0.325 e. The van der Waals surface area contributed by atoms with E-state index < -0.39 is 0 Å². The number of rotatable bonds is 5. The van der Waals surface area contributed by atoms with E-state index in [1.54, 1.807) is 11.8 Å². The molecule has 1 aromatic carbocycles. The van der Waals surface area contributed by atoms with Gasteiger partial charge in [-0.15, -0.1) is 11.8 Å². The zero-order valence-electron chi connectivity index (χ0n) is 16.9. The number of fused-ring (bicyclic) bond motifs is 1. The molecule has 4 rings (SSSR count). The molecule has 7 heteroatoms. The predicted molar refractivity (Wildman–Crippen MR) is 120 cm³/mol. The first-order chi connectivity index (χ1) is 14.0. The molecule has 29 heavy (non-hydrogen) atoms. The van der Waals surface area contributed by atoms with Crippen LogP contribution in [0.2, 0.25) is 0 Å². The molecule has 1 N–H and O–H groups in total. The summed E-state index contributed by atoms with van der Waals surface area (Å²) in [5, 5.41) is 4.02. The minimum absolute atomic E-state index is 0.0773. The average Bonchev–Trinajstić information content (AvgIpc) is 3.09. The molecule has 1 fully saturated rings. The highest BCUT2D eigenvalue weighted by Gasteiger charge is 2.29. The van der Waals surface area contributed by atoms with Gasteiger partial charge in [0.25, 0.3) is 5.56 Å². The van der Waals surface area contributed by atoms with E-state index in [0.29, 0.717) is 10.4 Å². The van der Waals surface area contributed by atoms with E-state index in [4.69, 9.17) is 4.98 Å². The Kier molecular flexibility index (Phi) is 6.35. The molecule has 0 saturated heterocycles. The number of nitrogens with zero attached hydrogens (tertiary/aromatic N) is 2. The Morgan fingerprint density at radius 2 is 1.97 bits per heavy atom. The number of carbonyl (C=O) groups excluding carboxylic acids is 1. The van der Waals surface area contributed by atoms with Crippen LogP contribution in [0.25, 0.3) is 0 Å². The number of benzene rings is 1. The molecule has 1 aliphatic heterocycles. The molecule has 2 aromatic rings. The van der Waals surface area contributed by atoms with E-state index in [-0.39, 0.29) is 23.3 Å². The zero-order valence-corrected chi connectivity index (χ0v) is 18.6. The molecule has 0 bridgehead atoms. The summed E-state index contributed by atoms with van der Waals surface area (Å²) in [7, 11) is 0. The maximum absolute atomic E-state index is 13.3. The number of thioether (sulfide) groups is 2. The van der Waals surface area contributed by atoms with Crippen LogP contribution >= 0.6 is 23.5 Å². The third kappa shape index (κ3) is 4.72. The summed E-state index contributed by atoms with van der Waals surface area (Å²) in [4.78, 5) is 31.4. The second-order valence-corrected chi connectivity index (χ2v) is 10.4. The highest BCUT2D eigenvalue weighted by atomic mass is 32.2. The Morgan fingerprint density at radius 1 is 1.24 bits per heavy atom. The van der Waals surface area contributed by atoms with Gasteiger partial charge in [0.15, 0.2) is 5.16 Å². The number of hydrogen-bond acceptors (Lipinski definition) is 5. The molecule has 0 spiro atoms. The molecule has 0 radical (unpaired) electrons. The van der Waals surface area contributed by atoms with Crippen LogP contribution in [0.1, 0.15) is 56.3 Å². The van der Waals surface area contributed by atoms with Crippen LogP contribution in [0.15, 0.2) is 39.1 Å². The zero-order chi connectivity index (χ0) is 20.4. The van der Waals surface area contributed by atoms with Gasteiger partial charge in [0, 0.05) is 23.4 Å². The SMILES string of the molecule is Cc1ccc(NC(=O)CSc2nc3c(c(=O)n2C2CCCCC2)SC(C)C3)cc1. The van der Waals surface area contributed by atoms with E-state index in [1.807, 2.05) is 35.8 Å². The molecule has 5 nitrogen and oxygen atoms in total. The van der Waals surface area contributed by atoms with Crippen LogP contribution in [0.5, 0.6) is 0 Å². The summed E-state index contributed by atoms with van der Waals surface area (Å²) in [6, 6.07) is 7.96. The Hall–Kier alpha value is -1.73. The molecule has 2 heterocycles. The van der Waals surface area contributed by atoms with Gasteiger partial charge in [0.2, 0.25) is 5.91 Å². The van der Waals surface area contributed by atoms with Gasteiger partial charge in [-0.05, 0) is 31.9 Å². The summed E-state index contributed by atoms with van der Waals surface area (Å²) >= 11 is 3.03. The first-order valence-electron chi connectivity index (χ1n) is 10.3. The summed E-state index contributed by atoms with van der Waals surface area (Å²) in [6.45, 7) is 4.16. The monoisotopic (exact) mass is 429 g/mol. The smallest absolute Gasteiger partial charge is 0.268 e. The lowest BCUT2D eigenvalue weighted by Gasteiger charge is -2.26. The van der Waals surface area contributed by atoms with Crippen molar-refractivity contribution < 1.29 is 4.79 Å². The van der Waals surface area contributed by atoms with Gasteiger partial charge in [-0.2, -0.15) is 0 Å². The normalized spacial score (nSPS) is 19.2. The summed E-state index contributed by atoms with van der Waals surface area (Å²) in [5.41, 5.74) is 2.94. The fourth-order valence-corrected chi connectivity index (χ4v) is 6.02. The van der Waals surface area contributed by atoms with Gasteiger partial charge in [-0.25, -0.2) is 4.98 Å². The molecule has 154 valence electrons. The average molecular weight is 430 g/mol. The highest BCUT2D eigenvalue weighted by Crippen LogP contribution is 2.37. The van der Waals surface area contributed by atoms with Crippen LogP contribution in [-0.2, 0) is 11.2 Å². The van der Waals surface area contributed by atoms with E-state index >= 15 is 0 Å². The van der Waals surface area contributed by atoms with Crippen LogP contribution in [0, 0.1) is 6.92 Å². The van der Waals surface area contributed by atoms with Crippen molar-refractivity contribution in [1.82, 2.24) is 9.55 Å². The second-order valence-electron chi connectivity index (χ2n) is 7.97. The van der Waals surface area contributed by atoms with E-state index in [0.717, 1.165) is 53.9 Å². The van der Waals surface area contributed by atoms with Crippen molar-refractivity contribution in [2.24, 2.45) is 0 Å². The van der Waals surface area contributed by atoms with Crippen molar-refractivity contribution in [3.8, 4) is 0 Å². The highest BCUT2D eigenvalue weighted by molar-refractivity contribution is 8.00. The van der Waals surface area contributed by atoms with Crippen LogP contribution in [0.3, 0.4) is 0 Å². The summed E-state index contributed by atoms with van der Waals surface area (Å²) < 4.78 is 1.90. The molecular formula is C22H27N3O2S2.